The molecule has 3 aromatic carbocycles. The summed E-state index contributed by atoms with van der Waals surface area (Å²) < 4.78 is 0. The fourth-order valence-corrected chi connectivity index (χ4v) is 7.28. The third kappa shape index (κ3) is 6.01. The number of thiophene rings is 1. The van der Waals surface area contributed by atoms with Crippen LogP contribution >= 0.6 is 23.1 Å². The number of aryl methyl sites for hydroxylation is 1. The van der Waals surface area contributed by atoms with Crippen molar-refractivity contribution in [3.63, 3.8) is 0 Å². The minimum Gasteiger partial charge on any atom is -0.477 e. The van der Waals surface area contributed by atoms with Crippen molar-refractivity contribution in [1.82, 2.24) is 0 Å². The lowest BCUT2D eigenvalue weighted by Gasteiger charge is -2.14. The Labute approximate surface area is 237 Å². The Morgan fingerprint density at radius 3 is 2.21 bits per heavy atom. The molecule has 1 aliphatic heterocycles. The van der Waals surface area contributed by atoms with Crippen LogP contribution in [-0.2, 0) is 11.2 Å². The minimum absolute atomic E-state index is 0.00875. The summed E-state index contributed by atoms with van der Waals surface area (Å²) in [5.41, 5.74) is 8.04. The molecule has 0 spiro atoms. The molecule has 0 radical (unpaired) electrons. The molecule has 1 atom stereocenters. The number of benzene rings is 3. The molecule has 0 amide bonds. The van der Waals surface area contributed by atoms with Crippen molar-refractivity contribution in [1.29, 1.82) is 5.26 Å². The number of hydrogen-bond donors (Lipinski definition) is 1. The van der Waals surface area contributed by atoms with Crippen LogP contribution in [0.1, 0.15) is 27.1 Å². The molecule has 39 heavy (non-hydrogen) atoms. The summed E-state index contributed by atoms with van der Waals surface area (Å²) in [6.07, 6.45) is 4.56. The summed E-state index contributed by atoms with van der Waals surface area (Å²) >= 11 is 3.37. The van der Waals surface area contributed by atoms with Crippen molar-refractivity contribution in [3.8, 4) is 16.5 Å². The third-order valence-corrected chi connectivity index (χ3v) is 9.26. The fraction of sp³-hybridized carbons (Fsp3) is 0.152. The average Bonchev–Trinajstić information content (AvgIpc) is 3.50. The summed E-state index contributed by atoms with van der Waals surface area (Å²) in [5.74, 6) is -1.17. The first kappa shape index (κ1) is 26.6. The van der Waals surface area contributed by atoms with Crippen LogP contribution in [-0.4, -0.2) is 30.4 Å². The highest BCUT2D eigenvalue weighted by Crippen LogP contribution is 2.46. The largest absolute Gasteiger partial charge is 0.477 e. The van der Waals surface area contributed by atoms with Crippen LogP contribution in [0.2, 0.25) is 0 Å². The number of nitrogens with zero attached hydrogens (tertiary/aromatic N) is 2. The number of hydrogen-bond acceptors (Lipinski definition) is 5. The van der Waals surface area contributed by atoms with Crippen molar-refractivity contribution >= 4 is 46.4 Å². The van der Waals surface area contributed by atoms with Gasteiger partial charge in [0, 0.05) is 39.7 Å². The van der Waals surface area contributed by atoms with Crippen LogP contribution in [0.25, 0.3) is 22.1 Å². The van der Waals surface area contributed by atoms with Crippen molar-refractivity contribution in [2.24, 2.45) is 0 Å². The molecule has 0 fully saturated rings. The highest BCUT2D eigenvalue weighted by Gasteiger charge is 2.25. The van der Waals surface area contributed by atoms with Crippen LogP contribution in [0.4, 0.5) is 5.69 Å². The number of anilines is 1. The molecule has 0 saturated heterocycles. The maximum absolute atomic E-state index is 11.2. The molecule has 0 saturated carbocycles. The Morgan fingerprint density at radius 2 is 1.64 bits per heavy atom. The van der Waals surface area contributed by atoms with E-state index in [9.17, 15) is 4.79 Å². The Balaban J connectivity index is 1.40. The maximum atomic E-state index is 11.2. The summed E-state index contributed by atoms with van der Waals surface area (Å²) in [4.78, 5) is 16.9. The van der Waals surface area contributed by atoms with E-state index >= 15 is 0 Å². The van der Waals surface area contributed by atoms with Crippen LogP contribution in [0.3, 0.4) is 0 Å². The van der Waals surface area contributed by atoms with Crippen LogP contribution < -0.4 is 4.90 Å². The van der Waals surface area contributed by atoms with E-state index in [0.717, 1.165) is 17.5 Å². The van der Waals surface area contributed by atoms with Gasteiger partial charge in [-0.25, -0.2) is 4.79 Å². The van der Waals surface area contributed by atoms with Gasteiger partial charge in [-0.3, -0.25) is 0 Å². The van der Waals surface area contributed by atoms with Gasteiger partial charge in [0.25, 0.3) is 0 Å². The lowest BCUT2D eigenvalue weighted by atomic mass is 9.94. The fourth-order valence-electron chi connectivity index (χ4n) is 4.53. The summed E-state index contributed by atoms with van der Waals surface area (Å²) in [7, 11) is 4.10. The molecule has 1 aliphatic rings. The first-order chi connectivity index (χ1) is 18.8. The van der Waals surface area contributed by atoms with Gasteiger partial charge in [-0.05, 0) is 71.5 Å². The maximum Gasteiger partial charge on any atom is 0.346 e. The Morgan fingerprint density at radius 1 is 1.00 bits per heavy atom. The molecular formula is C33H28N2O2S2. The number of carboxylic acid groups (broad SMARTS) is 1. The van der Waals surface area contributed by atoms with Crippen molar-refractivity contribution < 1.29 is 9.90 Å². The van der Waals surface area contributed by atoms with Crippen molar-refractivity contribution in [3.05, 3.63) is 118 Å². The summed E-state index contributed by atoms with van der Waals surface area (Å²) in [6, 6.07) is 29.9. The van der Waals surface area contributed by atoms with Crippen molar-refractivity contribution in [2.75, 3.05) is 19.0 Å². The molecule has 4 nitrogen and oxygen atoms in total. The Kier molecular flexibility index (Phi) is 7.74. The number of carbonyl (C=O) groups is 1. The second-order valence-corrected chi connectivity index (χ2v) is 12.2. The predicted molar refractivity (Wildman–Crippen MR) is 163 cm³/mol. The number of nitriles is 1. The molecule has 1 unspecified atom stereocenters. The van der Waals surface area contributed by atoms with E-state index in [0.29, 0.717) is 0 Å². The smallest absolute Gasteiger partial charge is 0.346 e. The molecule has 0 bridgehead atoms. The van der Waals surface area contributed by atoms with E-state index in [4.69, 9.17) is 10.4 Å². The van der Waals surface area contributed by atoms with E-state index < -0.39 is 5.97 Å². The van der Waals surface area contributed by atoms with Crippen molar-refractivity contribution in [2.45, 2.75) is 23.5 Å². The highest BCUT2D eigenvalue weighted by molar-refractivity contribution is 8.00. The number of aliphatic carboxylic acids is 1. The molecule has 5 rings (SSSR count). The zero-order valence-electron chi connectivity index (χ0n) is 22.0. The van der Waals surface area contributed by atoms with E-state index in [1.54, 1.807) is 35.2 Å². The van der Waals surface area contributed by atoms with Gasteiger partial charge in [-0.1, -0.05) is 66.2 Å². The Bertz CT molecular complexity index is 1580. The molecule has 0 aliphatic carbocycles. The third-order valence-electron chi connectivity index (χ3n) is 6.70. The second kappa shape index (κ2) is 11.4. The Hall–Kier alpha value is -4.05. The van der Waals surface area contributed by atoms with Gasteiger partial charge in [0.2, 0.25) is 0 Å². The zero-order chi connectivity index (χ0) is 27.5. The summed E-state index contributed by atoms with van der Waals surface area (Å²) in [5, 5.41) is 18.2. The quantitative estimate of drug-likeness (QED) is 0.144. The monoisotopic (exact) mass is 548 g/mol. The molecule has 4 aromatic rings. The van der Waals surface area contributed by atoms with Gasteiger partial charge >= 0.3 is 5.97 Å². The molecule has 194 valence electrons. The van der Waals surface area contributed by atoms with E-state index in [1.165, 1.54) is 42.6 Å². The predicted octanol–water partition coefficient (Wildman–Crippen LogP) is 7.93. The first-order valence-electron chi connectivity index (χ1n) is 12.6. The standard InChI is InChI=1S/C33H28N2O2S2/c1-21-4-8-23(9-5-21)29(24-12-14-27(15-13-24)35(2)3)16-22-6-10-25(11-7-22)30-19-32-31(39-30)18-28(38-32)17-26(20-34)33(36)37/h4-17,19,28H,18H2,1-3H3,(H,36,37)/b26-17+,29-16-. The molecule has 6 heteroatoms. The molecular weight excluding hydrogens is 521 g/mol. The van der Waals surface area contributed by atoms with Crippen LogP contribution in [0.15, 0.2) is 95.4 Å². The number of thioether (sulfide) groups is 1. The average molecular weight is 549 g/mol. The van der Waals surface area contributed by atoms with E-state index in [-0.39, 0.29) is 10.8 Å². The normalized spacial score (nSPS) is 15.1. The van der Waals surface area contributed by atoms with Crippen LogP contribution in [0, 0.1) is 18.3 Å². The van der Waals surface area contributed by atoms with Gasteiger partial charge < -0.3 is 10.0 Å². The second-order valence-electron chi connectivity index (χ2n) is 9.74. The lowest BCUT2D eigenvalue weighted by molar-refractivity contribution is -0.132. The number of fused-ring (bicyclic) bond motifs is 1. The molecule has 2 heterocycles. The van der Waals surface area contributed by atoms with E-state index in [2.05, 4.69) is 96.8 Å². The van der Waals surface area contributed by atoms with Gasteiger partial charge in [-0.2, -0.15) is 5.26 Å². The van der Waals surface area contributed by atoms with Gasteiger partial charge in [-0.15, -0.1) is 23.1 Å². The lowest BCUT2D eigenvalue weighted by Crippen LogP contribution is -2.08. The van der Waals surface area contributed by atoms with Gasteiger partial charge in [0.1, 0.15) is 11.6 Å². The van der Waals surface area contributed by atoms with Crippen LogP contribution in [0.5, 0.6) is 0 Å². The number of carboxylic acids is 1. The molecule has 1 aromatic heterocycles. The summed E-state index contributed by atoms with van der Waals surface area (Å²) in [6.45, 7) is 2.10. The topological polar surface area (TPSA) is 64.3 Å². The number of rotatable bonds is 7. The van der Waals surface area contributed by atoms with Gasteiger partial charge in [0.05, 0.1) is 0 Å². The highest BCUT2D eigenvalue weighted by atomic mass is 32.2. The SMILES string of the molecule is Cc1ccc(/C(=C/c2ccc(-c3cc4c(s3)CC(/C=C(\C#N)C(=O)O)S4)cc2)c2ccc(N(C)C)cc2)cc1. The molecule has 1 N–H and O–H groups in total. The first-order valence-corrected chi connectivity index (χ1v) is 14.3. The van der Waals surface area contributed by atoms with Gasteiger partial charge in [0.15, 0.2) is 0 Å². The minimum atomic E-state index is -1.17. The zero-order valence-corrected chi connectivity index (χ0v) is 23.6. The van der Waals surface area contributed by atoms with E-state index in [1.807, 2.05) is 14.1 Å².